The van der Waals surface area contributed by atoms with Crippen molar-refractivity contribution in [2.75, 3.05) is 31.1 Å². The molecule has 5 aromatic rings. The third kappa shape index (κ3) is 4.87. The van der Waals surface area contributed by atoms with Gasteiger partial charge in [0, 0.05) is 57.7 Å². The van der Waals surface area contributed by atoms with Crippen LogP contribution in [0.3, 0.4) is 0 Å². The molecule has 7 heteroatoms. The number of hydrogen-bond acceptors (Lipinski definition) is 5. The lowest BCUT2D eigenvalue weighted by Gasteiger charge is -2.35. The van der Waals surface area contributed by atoms with Gasteiger partial charge in [0.1, 0.15) is 11.6 Å². The SMILES string of the molecule is Cc1ccc(C)c(Cn2c(CN3CCN(c4ccccn4)CC3)nc3ccc(-c4cnn(C)c4)cc32)c1. The molecule has 37 heavy (non-hydrogen) atoms. The van der Waals surface area contributed by atoms with Crippen LogP contribution in [0, 0.1) is 13.8 Å². The fourth-order valence-electron chi connectivity index (χ4n) is 5.24. The predicted molar refractivity (Wildman–Crippen MR) is 149 cm³/mol. The third-order valence-corrected chi connectivity index (χ3v) is 7.41. The number of benzene rings is 2. The third-order valence-electron chi connectivity index (χ3n) is 7.41. The number of hydrogen-bond donors (Lipinski definition) is 0. The molecule has 0 saturated carbocycles. The number of piperazine rings is 1. The van der Waals surface area contributed by atoms with Crippen LogP contribution in [0.2, 0.25) is 0 Å². The summed E-state index contributed by atoms with van der Waals surface area (Å²) in [5, 5.41) is 4.37. The lowest BCUT2D eigenvalue weighted by Crippen LogP contribution is -2.46. The maximum atomic E-state index is 5.15. The first-order valence-corrected chi connectivity index (χ1v) is 13.0. The minimum Gasteiger partial charge on any atom is -0.354 e. The van der Waals surface area contributed by atoms with Gasteiger partial charge in [0.05, 0.1) is 23.8 Å². The highest BCUT2D eigenvalue weighted by Gasteiger charge is 2.21. The summed E-state index contributed by atoms with van der Waals surface area (Å²) in [7, 11) is 1.96. The number of pyridine rings is 1. The van der Waals surface area contributed by atoms with Gasteiger partial charge >= 0.3 is 0 Å². The van der Waals surface area contributed by atoms with E-state index >= 15 is 0 Å². The molecule has 188 valence electrons. The van der Waals surface area contributed by atoms with Gasteiger partial charge in [-0.25, -0.2) is 9.97 Å². The summed E-state index contributed by atoms with van der Waals surface area (Å²) in [6, 6.07) is 19.4. The molecule has 0 N–H and O–H groups in total. The standard InChI is InChI=1S/C30H33N7/c1-22-7-8-23(2)25(16-22)20-37-28-17-24(26-18-32-34(3)19-26)9-10-27(28)33-30(37)21-35-12-14-36(15-13-35)29-6-4-5-11-31-29/h4-11,16-19H,12-15,20-21H2,1-3H3. The molecule has 1 saturated heterocycles. The van der Waals surface area contributed by atoms with Gasteiger partial charge in [-0.2, -0.15) is 5.10 Å². The van der Waals surface area contributed by atoms with Crippen LogP contribution in [0.25, 0.3) is 22.2 Å². The van der Waals surface area contributed by atoms with E-state index in [4.69, 9.17) is 4.98 Å². The number of nitrogens with zero attached hydrogens (tertiary/aromatic N) is 7. The topological polar surface area (TPSA) is 55.0 Å². The van der Waals surface area contributed by atoms with E-state index in [-0.39, 0.29) is 0 Å². The molecule has 7 nitrogen and oxygen atoms in total. The largest absolute Gasteiger partial charge is 0.354 e. The molecule has 1 aliphatic rings. The first kappa shape index (κ1) is 23.4. The Morgan fingerprint density at radius 3 is 2.49 bits per heavy atom. The fourth-order valence-corrected chi connectivity index (χ4v) is 5.24. The fraction of sp³-hybridized carbons (Fsp3) is 0.300. The Balaban J connectivity index is 1.32. The first-order chi connectivity index (χ1) is 18.0. The Morgan fingerprint density at radius 2 is 1.73 bits per heavy atom. The molecule has 0 bridgehead atoms. The van der Waals surface area contributed by atoms with Gasteiger partial charge in [-0.3, -0.25) is 9.58 Å². The maximum Gasteiger partial charge on any atom is 0.128 e. The zero-order chi connectivity index (χ0) is 25.4. The van der Waals surface area contributed by atoms with Crippen molar-refractivity contribution in [1.82, 2.24) is 29.2 Å². The maximum absolute atomic E-state index is 5.15. The second-order valence-electron chi connectivity index (χ2n) is 10.1. The number of rotatable bonds is 6. The van der Waals surface area contributed by atoms with Gasteiger partial charge in [-0.1, -0.05) is 35.9 Å². The molecule has 0 unspecified atom stereocenters. The zero-order valence-corrected chi connectivity index (χ0v) is 21.8. The summed E-state index contributed by atoms with van der Waals surface area (Å²) < 4.78 is 4.27. The highest BCUT2D eigenvalue weighted by molar-refractivity contribution is 5.82. The Labute approximate surface area is 218 Å². The van der Waals surface area contributed by atoms with Crippen LogP contribution >= 0.6 is 0 Å². The van der Waals surface area contributed by atoms with Crippen LogP contribution in [0.1, 0.15) is 22.5 Å². The van der Waals surface area contributed by atoms with E-state index in [0.717, 1.165) is 62.0 Å². The van der Waals surface area contributed by atoms with E-state index in [1.807, 2.05) is 30.2 Å². The summed E-state index contributed by atoms with van der Waals surface area (Å²) in [6.07, 6.45) is 5.86. The molecule has 3 aromatic heterocycles. The molecule has 0 aliphatic carbocycles. The van der Waals surface area contributed by atoms with Gasteiger partial charge in [0.25, 0.3) is 0 Å². The van der Waals surface area contributed by atoms with E-state index in [0.29, 0.717) is 0 Å². The molecular weight excluding hydrogens is 458 g/mol. The minimum atomic E-state index is 0.809. The van der Waals surface area contributed by atoms with E-state index < -0.39 is 0 Å². The lowest BCUT2D eigenvalue weighted by atomic mass is 10.1. The van der Waals surface area contributed by atoms with Crippen LogP contribution in [-0.4, -0.2) is 55.4 Å². The van der Waals surface area contributed by atoms with Crippen molar-refractivity contribution in [3.8, 4) is 11.1 Å². The summed E-state index contributed by atoms with van der Waals surface area (Å²) in [4.78, 5) is 14.6. The Kier molecular flexibility index (Phi) is 6.22. The van der Waals surface area contributed by atoms with Gasteiger partial charge < -0.3 is 9.47 Å². The van der Waals surface area contributed by atoms with Gasteiger partial charge in [0.15, 0.2) is 0 Å². The molecule has 0 amide bonds. The van der Waals surface area contributed by atoms with Crippen LogP contribution in [0.15, 0.2) is 73.2 Å². The summed E-state index contributed by atoms with van der Waals surface area (Å²) in [5.41, 5.74) is 8.44. The molecule has 1 aliphatic heterocycles. The average molecular weight is 492 g/mol. The Hall–Kier alpha value is -3.97. The van der Waals surface area contributed by atoms with Crippen molar-refractivity contribution in [2.45, 2.75) is 26.9 Å². The smallest absolute Gasteiger partial charge is 0.128 e. The highest BCUT2D eigenvalue weighted by atomic mass is 15.3. The molecule has 0 spiro atoms. The van der Waals surface area contributed by atoms with Crippen LogP contribution in [-0.2, 0) is 20.1 Å². The van der Waals surface area contributed by atoms with E-state index in [1.54, 1.807) is 0 Å². The Bertz CT molecular complexity index is 1520. The summed E-state index contributed by atoms with van der Waals surface area (Å²) in [6.45, 7) is 9.93. The second-order valence-corrected chi connectivity index (χ2v) is 10.1. The molecule has 1 fully saturated rings. The first-order valence-electron chi connectivity index (χ1n) is 13.0. The van der Waals surface area contributed by atoms with Crippen molar-refractivity contribution in [3.05, 3.63) is 95.7 Å². The van der Waals surface area contributed by atoms with Gasteiger partial charge in [-0.15, -0.1) is 0 Å². The summed E-state index contributed by atoms with van der Waals surface area (Å²) >= 11 is 0. The second kappa shape index (κ2) is 9.82. The number of aryl methyl sites for hydroxylation is 3. The van der Waals surface area contributed by atoms with Crippen molar-refractivity contribution in [1.29, 1.82) is 0 Å². The summed E-state index contributed by atoms with van der Waals surface area (Å²) in [5.74, 6) is 2.18. The molecule has 6 rings (SSSR count). The minimum absolute atomic E-state index is 0.809. The number of anilines is 1. The van der Waals surface area contributed by atoms with Crippen LogP contribution in [0.4, 0.5) is 5.82 Å². The van der Waals surface area contributed by atoms with E-state index in [1.165, 1.54) is 27.8 Å². The normalized spacial score (nSPS) is 14.5. The van der Waals surface area contributed by atoms with Crippen LogP contribution in [0.5, 0.6) is 0 Å². The quantitative estimate of drug-likeness (QED) is 0.341. The average Bonchev–Trinajstić information content (AvgIpc) is 3.50. The van der Waals surface area contributed by atoms with Crippen molar-refractivity contribution in [2.24, 2.45) is 7.05 Å². The zero-order valence-electron chi connectivity index (χ0n) is 21.8. The number of imidazole rings is 1. The van der Waals surface area contributed by atoms with Crippen molar-refractivity contribution >= 4 is 16.9 Å². The van der Waals surface area contributed by atoms with Gasteiger partial charge in [-0.05, 0) is 54.8 Å². The number of aromatic nitrogens is 5. The van der Waals surface area contributed by atoms with Crippen LogP contribution < -0.4 is 4.90 Å². The monoisotopic (exact) mass is 491 g/mol. The van der Waals surface area contributed by atoms with E-state index in [9.17, 15) is 0 Å². The number of fused-ring (bicyclic) bond motifs is 1. The predicted octanol–water partition coefficient (Wildman–Crippen LogP) is 4.82. The lowest BCUT2D eigenvalue weighted by molar-refractivity contribution is 0.241. The van der Waals surface area contributed by atoms with Crippen molar-refractivity contribution in [3.63, 3.8) is 0 Å². The molecule has 4 heterocycles. The molecular formula is C30H33N7. The molecule has 2 aromatic carbocycles. The molecule has 0 atom stereocenters. The van der Waals surface area contributed by atoms with Gasteiger partial charge in [0.2, 0.25) is 0 Å². The molecule has 0 radical (unpaired) electrons. The Morgan fingerprint density at radius 1 is 0.865 bits per heavy atom. The highest BCUT2D eigenvalue weighted by Crippen LogP contribution is 2.27. The van der Waals surface area contributed by atoms with Crippen molar-refractivity contribution < 1.29 is 0 Å². The van der Waals surface area contributed by atoms with E-state index in [2.05, 4.69) is 93.0 Å².